The fraction of sp³-hybridized carbons (Fsp3) is 0.750. The molecule has 0 radical (unpaired) electrons. The van der Waals surface area contributed by atoms with Gasteiger partial charge in [-0.2, -0.15) is 0 Å². The quantitative estimate of drug-likeness (QED) is 0.757. The first-order valence-corrected chi connectivity index (χ1v) is 8.07. The van der Waals surface area contributed by atoms with Crippen LogP contribution in [0.1, 0.15) is 58.7 Å². The van der Waals surface area contributed by atoms with Crippen molar-refractivity contribution in [2.24, 2.45) is 5.41 Å². The molecule has 2 N–H and O–H groups in total. The number of nitrogens with one attached hydrogen (secondary N) is 2. The van der Waals surface area contributed by atoms with Crippen LogP contribution in [-0.4, -0.2) is 23.1 Å². The van der Waals surface area contributed by atoms with E-state index in [1.807, 2.05) is 6.07 Å². The molecule has 1 aromatic rings. The lowest BCUT2D eigenvalue weighted by Gasteiger charge is -2.41. The van der Waals surface area contributed by atoms with Crippen LogP contribution in [0.15, 0.2) is 6.07 Å². The van der Waals surface area contributed by atoms with Gasteiger partial charge < -0.3 is 10.6 Å². The van der Waals surface area contributed by atoms with Gasteiger partial charge in [-0.25, -0.2) is 9.97 Å². The van der Waals surface area contributed by atoms with Crippen molar-refractivity contribution in [3.8, 4) is 0 Å². The van der Waals surface area contributed by atoms with Gasteiger partial charge in [0, 0.05) is 25.6 Å². The molecule has 1 aliphatic rings. The van der Waals surface area contributed by atoms with Gasteiger partial charge in [0.25, 0.3) is 0 Å². The van der Waals surface area contributed by atoms with Crippen LogP contribution in [-0.2, 0) is 6.42 Å². The van der Waals surface area contributed by atoms with E-state index in [-0.39, 0.29) is 0 Å². The van der Waals surface area contributed by atoms with E-state index in [4.69, 9.17) is 0 Å². The van der Waals surface area contributed by atoms with Crippen molar-refractivity contribution >= 4 is 11.6 Å². The Balaban J connectivity index is 2.02. The molecule has 0 bridgehead atoms. The number of aryl methyl sites for hydroxylation is 1. The van der Waals surface area contributed by atoms with Gasteiger partial charge in [-0.3, -0.25) is 0 Å². The second-order valence-electron chi connectivity index (χ2n) is 5.90. The second-order valence-corrected chi connectivity index (χ2v) is 5.90. The Morgan fingerprint density at radius 1 is 1.10 bits per heavy atom. The van der Waals surface area contributed by atoms with Gasteiger partial charge >= 0.3 is 0 Å². The maximum atomic E-state index is 4.59. The molecule has 1 aliphatic carbocycles. The third-order valence-corrected chi connectivity index (χ3v) is 4.45. The van der Waals surface area contributed by atoms with Crippen LogP contribution in [0.25, 0.3) is 0 Å². The van der Waals surface area contributed by atoms with Crippen LogP contribution < -0.4 is 10.6 Å². The van der Waals surface area contributed by atoms with E-state index in [9.17, 15) is 0 Å². The van der Waals surface area contributed by atoms with E-state index in [1.165, 1.54) is 25.7 Å². The standard InChI is InChI=1S/C16H28N4/c1-4-10-17-14-11-15(20-13(5-2)19-14)18-12-16(6-3)8-7-9-16/h11H,4-10,12H2,1-3H3,(H2,17,18,19,20). The molecule has 0 amide bonds. The molecule has 1 heterocycles. The molecule has 4 heteroatoms. The van der Waals surface area contributed by atoms with Gasteiger partial charge in [0.2, 0.25) is 0 Å². The van der Waals surface area contributed by atoms with E-state index >= 15 is 0 Å². The van der Waals surface area contributed by atoms with Crippen molar-refractivity contribution in [1.82, 2.24) is 9.97 Å². The highest BCUT2D eigenvalue weighted by molar-refractivity contribution is 5.47. The second kappa shape index (κ2) is 6.91. The Labute approximate surface area is 122 Å². The van der Waals surface area contributed by atoms with Gasteiger partial charge in [-0.05, 0) is 31.1 Å². The lowest BCUT2D eigenvalue weighted by Crippen LogP contribution is -2.36. The van der Waals surface area contributed by atoms with Crippen molar-refractivity contribution in [3.63, 3.8) is 0 Å². The molecular formula is C16H28N4. The molecule has 2 rings (SSSR count). The Morgan fingerprint density at radius 2 is 1.80 bits per heavy atom. The molecule has 20 heavy (non-hydrogen) atoms. The first-order chi connectivity index (χ1) is 9.71. The summed E-state index contributed by atoms with van der Waals surface area (Å²) in [7, 11) is 0. The van der Waals surface area contributed by atoms with Crippen molar-refractivity contribution in [2.45, 2.75) is 59.3 Å². The molecule has 112 valence electrons. The molecule has 0 aliphatic heterocycles. The summed E-state index contributed by atoms with van der Waals surface area (Å²) in [5.41, 5.74) is 0.508. The fourth-order valence-electron chi connectivity index (χ4n) is 2.70. The Hall–Kier alpha value is -1.32. The van der Waals surface area contributed by atoms with Gasteiger partial charge in [0.1, 0.15) is 17.5 Å². The number of rotatable bonds is 8. The maximum Gasteiger partial charge on any atom is 0.132 e. The number of nitrogens with zero attached hydrogens (tertiary/aromatic N) is 2. The van der Waals surface area contributed by atoms with Crippen molar-refractivity contribution in [1.29, 1.82) is 0 Å². The van der Waals surface area contributed by atoms with E-state index in [2.05, 4.69) is 41.4 Å². The summed E-state index contributed by atoms with van der Waals surface area (Å²) in [6.07, 6.45) is 7.31. The summed E-state index contributed by atoms with van der Waals surface area (Å²) in [5.74, 6) is 2.82. The molecule has 0 saturated heterocycles. The fourth-order valence-corrected chi connectivity index (χ4v) is 2.70. The smallest absolute Gasteiger partial charge is 0.132 e. The molecule has 0 spiro atoms. The molecule has 1 saturated carbocycles. The van der Waals surface area contributed by atoms with Gasteiger partial charge in [-0.15, -0.1) is 0 Å². The Bertz CT molecular complexity index is 421. The summed E-state index contributed by atoms with van der Waals surface area (Å²) >= 11 is 0. The summed E-state index contributed by atoms with van der Waals surface area (Å²) < 4.78 is 0. The highest BCUT2D eigenvalue weighted by atomic mass is 15.1. The van der Waals surface area contributed by atoms with Gasteiger partial charge in [0.05, 0.1) is 0 Å². The summed E-state index contributed by atoms with van der Waals surface area (Å²) in [4.78, 5) is 9.12. The topological polar surface area (TPSA) is 49.8 Å². The molecule has 4 nitrogen and oxygen atoms in total. The molecule has 1 aromatic heterocycles. The van der Waals surface area contributed by atoms with Gasteiger partial charge in [-0.1, -0.05) is 27.2 Å². The first kappa shape index (κ1) is 15.1. The highest BCUT2D eigenvalue weighted by Gasteiger charge is 2.34. The SMILES string of the molecule is CCCNc1cc(NCC2(CC)CCC2)nc(CC)n1. The minimum atomic E-state index is 0.508. The summed E-state index contributed by atoms with van der Waals surface area (Å²) in [6, 6.07) is 2.04. The third-order valence-electron chi connectivity index (χ3n) is 4.45. The minimum absolute atomic E-state index is 0.508. The molecule has 0 aromatic carbocycles. The average molecular weight is 276 g/mol. The van der Waals surface area contributed by atoms with E-state index in [0.717, 1.165) is 43.4 Å². The maximum absolute atomic E-state index is 4.59. The van der Waals surface area contributed by atoms with Crippen molar-refractivity contribution < 1.29 is 0 Å². The Morgan fingerprint density at radius 3 is 2.30 bits per heavy atom. The lowest BCUT2D eigenvalue weighted by atomic mass is 9.67. The summed E-state index contributed by atoms with van der Waals surface area (Å²) in [6.45, 7) is 8.56. The highest BCUT2D eigenvalue weighted by Crippen LogP contribution is 2.43. The van der Waals surface area contributed by atoms with Crippen LogP contribution in [0, 0.1) is 5.41 Å². The minimum Gasteiger partial charge on any atom is -0.370 e. The van der Waals surface area contributed by atoms with Crippen LogP contribution in [0.5, 0.6) is 0 Å². The van der Waals surface area contributed by atoms with Crippen molar-refractivity contribution in [2.75, 3.05) is 23.7 Å². The van der Waals surface area contributed by atoms with Crippen LogP contribution in [0.2, 0.25) is 0 Å². The average Bonchev–Trinajstić information content (AvgIpc) is 2.44. The lowest BCUT2D eigenvalue weighted by molar-refractivity contribution is 0.145. The zero-order valence-electron chi connectivity index (χ0n) is 13.1. The zero-order chi connectivity index (χ0) is 14.4. The van der Waals surface area contributed by atoms with E-state index in [0.29, 0.717) is 5.41 Å². The number of hydrogen-bond donors (Lipinski definition) is 2. The monoisotopic (exact) mass is 276 g/mol. The van der Waals surface area contributed by atoms with Crippen molar-refractivity contribution in [3.05, 3.63) is 11.9 Å². The predicted octanol–water partition coefficient (Wildman–Crippen LogP) is 3.85. The predicted molar refractivity (Wildman–Crippen MR) is 85.3 cm³/mol. The molecule has 1 fully saturated rings. The third kappa shape index (κ3) is 3.62. The molecule has 0 unspecified atom stereocenters. The molecular weight excluding hydrogens is 248 g/mol. The number of hydrogen-bond acceptors (Lipinski definition) is 4. The summed E-state index contributed by atoms with van der Waals surface area (Å²) in [5, 5.41) is 6.90. The van der Waals surface area contributed by atoms with Crippen LogP contribution in [0.3, 0.4) is 0 Å². The normalized spacial score (nSPS) is 16.6. The Kier molecular flexibility index (Phi) is 5.21. The van der Waals surface area contributed by atoms with Gasteiger partial charge in [0.15, 0.2) is 0 Å². The van der Waals surface area contributed by atoms with Crippen LogP contribution in [0.4, 0.5) is 11.6 Å². The zero-order valence-corrected chi connectivity index (χ0v) is 13.1. The first-order valence-electron chi connectivity index (χ1n) is 8.07. The molecule has 0 atom stereocenters. The number of aromatic nitrogens is 2. The number of anilines is 2. The largest absolute Gasteiger partial charge is 0.370 e. The van der Waals surface area contributed by atoms with E-state index in [1.54, 1.807) is 0 Å². The van der Waals surface area contributed by atoms with Crippen LogP contribution >= 0.6 is 0 Å². The van der Waals surface area contributed by atoms with E-state index < -0.39 is 0 Å².